The molecular weight excluding hydrogens is 388 g/mol. The van der Waals surface area contributed by atoms with Crippen molar-refractivity contribution in [2.75, 3.05) is 0 Å². The Morgan fingerprint density at radius 3 is 2.58 bits per heavy atom. The van der Waals surface area contributed by atoms with E-state index in [-0.39, 0.29) is 11.4 Å². The second-order valence-corrected chi connectivity index (χ2v) is 9.31. The molecule has 0 radical (unpaired) electrons. The fraction of sp³-hybridized carbons (Fsp3) is 0.320. The third-order valence-corrected chi connectivity index (χ3v) is 7.08. The molecule has 2 fully saturated rings. The van der Waals surface area contributed by atoms with Crippen LogP contribution in [0.15, 0.2) is 34.9 Å². The number of aromatic amines is 1. The van der Waals surface area contributed by atoms with Crippen molar-refractivity contribution in [3.8, 4) is 22.3 Å². The van der Waals surface area contributed by atoms with Crippen LogP contribution in [0.3, 0.4) is 0 Å². The van der Waals surface area contributed by atoms with Crippen molar-refractivity contribution in [3.05, 3.63) is 58.7 Å². The average Bonchev–Trinajstić information content (AvgIpc) is 3.66. The standard InChI is InChI=1S/C25H22N4O2/c1-12-21(13(2)31-29-12)16-10-17(22-20(11-16)26-23(27-22)14-3-4-14)15-5-6-19-18(9-15)24(30)28-25(19)7-8-25/h5-6,9-11,14H,3-4,7-8H2,1-2H3,(H,26,27)(H,28,30). The molecule has 2 saturated carbocycles. The van der Waals surface area contributed by atoms with Gasteiger partial charge in [0.05, 0.1) is 22.3 Å². The van der Waals surface area contributed by atoms with Crippen molar-refractivity contribution >= 4 is 16.9 Å². The molecule has 7 rings (SSSR count). The third kappa shape index (κ3) is 2.42. The lowest BCUT2D eigenvalue weighted by molar-refractivity contribution is 0.0952. The quantitative estimate of drug-likeness (QED) is 0.491. The molecule has 154 valence electrons. The van der Waals surface area contributed by atoms with Crippen LogP contribution in [-0.2, 0) is 5.54 Å². The highest BCUT2D eigenvalue weighted by Crippen LogP contribution is 2.51. The largest absolute Gasteiger partial charge is 0.361 e. The third-order valence-electron chi connectivity index (χ3n) is 7.08. The summed E-state index contributed by atoms with van der Waals surface area (Å²) in [6.45, 7) is 3.91. The summed E-state index contributed by atoms with van der Waals surface area (Å²) in [5.41, 5.74) is 8.77. The highest BCUT2D eigenvalue weighted by atomic mass is 16.5. The minimum atomic E-state index is -0.107. The molecule has 0 saturated heterocycles. The molecule has 0 atom stereocenters. The van der Waals surface area contributed by atoms with E-state index in [1.807, 2.05) is 19.9 Å². The van der Waals surface area contributed by atoms with Gasteiger partial charge in [-0.1, -0.05) is 17.3 Å². The van der Waals surface area contributed by atoms with Crippen LogP contribution in [0.1, 0.15) is 64.8 Å². The molecular formula is C25H22N4O2. The van der Waals surface area contributed by atoms with Crippen molar-refractivity contribution < 1.29 is 9.32 Å². The van der Waals surface area contributed by atoms with Gasteiger partial charge in [-0.3, -0.25) is 4.79 Å². The molecule has 0 unspecified atom stereocenters. The van der Waals surface area contributed by atoms with Crippen molar-refractivity contribution in [1.82, 2.24) is 20.4 Å². The Bertz CT molecular complexity index is 1400. The maximum Gasteiger partial charge on any atom is 0.252 e. The first-order chi connectivity index (χ1) is 15.0. The Hall–Kier alpha value is -3.41. The number of aromatic nitrogens is 3. The number of nitrogens with one attached hydrogen (secondary N) is 2. The molecule has 2 aromatic carbocycles. The number of benzene rings is 2. The summed E-state index contributed by atoms with van der Waals surface area (Å²) in [6.07, 6.45) is 4.43. The van der Waals surface area contributed by atoms with Gasteiger partial charge in [0, 0.05) is 22.6 Å². The second kappa shape index (κ2) is 5.63. The molecule has 3 aliphatic rings. The SMILES string of the molecule is Cc1noc(C)c1-c1cc(-c2ccc3c(c2)C(=O)NC32CC2)c2nc(C3CC3)[nH]c2c1. The van der Waals surface area contributed by atoms with Gasteiger partial charge < -0.3 is 14.8 Å². The van der Waals surface area contributed by atoms with E-state index >= 15 is 0 Å². The van der Waals surface area contributed by atoms with Crippen LogP contribution in [0.2, 0.25) is 0 Å². The molecule has 1 spiro atoms. The van der Waals surface area contributed by atoms with Gasteiger partial charge in [-0.15, -0.1) is 0 Å². The number of amides is 1. The normalized spacial score (nSPS) is 18.6. The zero-order chi connectivity index (χ0) is 20.9. The van der Waals surface area contributed by atoms with Gasteiger partial charge >= 0.3 is 0 Å². The number of H-pyrrole nitrogens is 1. The van der Waals surface area contributed by atoms with Crippen LogP contribution >= 0.6 is 0 Å². The number of hydrogen-bond acceptors (Lipinski definition) is 4. The van der Waals surface area contributed by atoms with Gasteiger partial charge in [-0.2, -0.15) is 0 Å². The number of carbonyl (C=O) groups is 1. The lowest BCUT2D eigenvalue weighted by Crippen LogP contribution is -2.25. The van der Waals surface area contributed by atoms with E-state index in [9.17, 15) is 4.79 Å². The van der Waals surface area contributed by atoms with Gasteiger partial charge in [0.1, 0.15) is 11.6 Å². The lowest BCUT2D eigenvalue weighted by Gasteiger charge is -2.10. The molecule has 6 heteroatoms. The maximum absolute atomic E-state index is 12.7. The van der Waals surface area contributed by atoms with Crippen LogP contribution in [0.4, 0.5) is 0 Å². The topological polar surface area (TPSA) is 83.8 Å². The Morgan fingerprint density at radius 2 is 1.87 bits per heavy atom. The highest BCUT2D eigenvalue weighted by molar-refractivity contribution is 6.03. The Morgan fingerprint density at radius 1 is 1.06 bits per heavy atom. The van der Waals surface area contributed by atoms with E-state index in [1.165, 1.54) is 12.8 Å². The second-order valence-electron chi connectivity index (χ2n) is 9.31. The number of carbonyl (C=O) groups excluding carboxylic acids is 1. The smallest absolute Gasteiger partial charge is 0.252 e. The predicted octanol–water partition coefficient (Wildman–Crippen LogP) is 5.11. The zero-order valence-electron chi connectivity index (χ0n) is 17.5. The molecule has 0 bridgehead atoms. The number of nitrogens with zero attached hydrogens (tertiary/aromatic N) is 2. The molecule has 3 heterocycles. The monoisotopic (exact) mass is 410 g/mol. The van der Waals surface area contributed by atoms with Gasteiger partial charge in [0.25, 0.3) is 5.91 Å². The molecule has 2 aliphatic carbocycles. The summed E-state index contributed by atoms with van der Waals surface area (Å²) in [4.78, 5) is 21.2. The van der Waals surface area contributed by atoms with E-state index in [1.54, 1.807) is 0 Å². The summed E-state index contributed by atoms with van der Waals surface area (Å²) >= 11 is 0. The van der Waals surface area contributed by atoms with Crippen LogP contribution in [0.5, 0.6) is 0 Å². The van der Waals surface area contributed by atoms with Crippen LogP contribution < -0.4 is 5.32 Å². The van der Waals surface area contributed by atoms with Crippen LogP contribution in [0, 0.1) is 13.8 Å². The number of fused-ring (bicyclic) bond motifs is 3. The average molecular weight is 410 g/mol. The van der Waals surface area contributed by atoms with Gasteiger partial charge in [-0.25, -0.2) is 4.98 Å². The van der Waals surface area contributed by atoms with Gasteiger partial charge in [-0.05, 0) is 74.4 Å². The molecule has 31 heavy (non-hydrogen) atoms. The van der Waals surface area contributed by atoms with E-state index in [0.717, 1.165) is 74.5 Å². The first-order valence-corrected chi connectivity index (χ1v) is 11.0. The number of rotatable bonds is 3. The highest BCUT2D eigenvalue weighted by Gasteiger charge is 2.52. The van der Waals surface area contributed by atoms with Crippen LogP contribution in [-0.4, -0.2) is 21.0 Å². The van der Waals surface area contributed by atoms with E-state index in [2.05, 4.69) is 39.7 Å². The minimum Gasteiger partial charge on any atom is -0.361 e. The fourth-order valence-electron chi connectivity index (χ4n) is 5.13. The lowest BCUT2D eigenvalue weighted by atomic mass is 9.93. The molecule has 4 aromatic rings. The summed E-state index contributed by atoms with van der Waals surface area (Å²) in [5, 5.41) is 7.32. The zero-order valence-corrected chi connectivity index (χ0v) is 17.5. The van der Waals surface area contributed by atoms with Crippen molar-refractivity contribution in [1.29, 1.82) is 0 Å². The summed E-state index contributed by atoms with van der Waals surface area (Å²) < 4.78 is 5.44. The van der Waals surface area contributed by atoms with E-state index < -0.39 is 0 Å². The van der Waals surface area contributed by atoms with Crippen molar-refractivity contribution in [2.24, 2.45) is 0 Å². The minimum absolute atomic E-state index is 0.0353. The fourth-order valence-corrected chi connectivity index (χ4v) is 5.13. The summed E-state index contributed by atoms with van der Waals surface area (Å²) in [6, 6.07) is 10.6. The molecule has 2 N–H and O–H groups in total. The van der Waals surface area contributed by atoms with Crippen molar-refractivity contribution in [2.45, 2.75) is 51.0 Å². The Balaban J connectivity index is 1.47. The van der Waals surface area contributed by atoms with E-state index in [0.29, 0.717) is 5.92 Å². The summed E-state index contributed by atoms with van der Waals surface area (Å²) in [5.74, 6) is 2.42. The Kier molecular flexibility index (Phi) is 3.14. The maximum atomic E-state index is 12.7. The molecule has 2 aromatic heterocycles. The van der Waals surface area contributed by atoms with Gasteiger partial charge in [0.2, 0.25) is 0 Å². The summed E-state index contributed by atoms with van der Waals surface area (Å²) in [7, 11) is 0. The van der Waals surface area contributed by atoms with E-state index in [4.69, 9.17) is 9.51 Å². The molecule has 1 aliphatic heterocycles. The number of aryl methyl sites for hydroxylation is 2. The predicted molar refractivity (Wildman–Crippen MR) is 117 cm³/mol. The number of imidazole rings is 1. The van der Waals surface area contributed by atoms with Crippen LogP contribution in [0.25, 0.3) is 33.3 Å². The van der Waals surface area contributed by atoms with Gasteiger partial charge in [0.15, 0.2) is 0 Å². The first-order valence-electron chi connectivity index (χ1n) is 11.0. The Labute approximate surface area is 179 Å². The number of hydrogen-bond donors (Lipinski definition) is 2. The molecule has 1 amide bonds. The molecule has 6 nitrogen and oxygen atoms in total. The van der Waals surface area contributed by atoms with Crippen molar-refractivity contribution in [3.63, 3.8) is 0 Å². The first kappa shape index (κ1) is 17.3.